The molecule has 3 rings (SSSR count). The number of aryl methyl sites for hydroxylation is 2. The number of aromatic nitrogens is 1. The molecule has 5 nitrogen and oxygen atoms in total. The highest BCUT2D eigenvalue weighted by molar-refractivity contribution is 5.93. The van der Waals surface area contributed by atoms with Crippen molar-refractivity contribution in [2.24, 2.45) is 0 Å². The summed E-state index contributed by atoms with van der Waals surface area (Å²) in [6.07, 6.45) is 1.16. The second-order valence-electron chi connectivity index (χ2n) is 5.99. The largest absolute Gasteiger partial charge is 0.481 e. The molecule has 23 heavy (non-hydrogen) atoms. The van der Waals surface area contributed by atoms with E-state index in [1.54, 1.807) is 0 Å². The van der Waals surface area contributed by atoms with Gasteiger partial charge in [-0.05, 0) is 37.0 Å². The third kappa shape index (κ3) is 2.49. The number of hydrogen-bond donors (Lipinski definition) is 1. The zero-order valence-corrected chi connectivity index (χ0v) is 13.4. The molecule has 1 atom stereocenters. The topological polar surface area (TPSA) is 75.2 Å². The highest BCUT2D eigenvalue weighted by Crippen LogP contribution is 2.39. The van der Waals surface area contributed by atoms with Crippen molar-refractivity contribution >= 4 is 16.9 Å². The molecule has 0 bridgehead atoms. The molecular formula is C18H20N2O3. The molecule has 1 aromatic heterocycles. The van der Waals surface area contributed by atoms with Crippen LogP contribution in [-0.4, -0.2) is 22.2 Å². The van der Waals surface area contributed by atoms with Gasteiger partial charge in [0, 0.05) is 11.9 Å². The van der Waals surface area contributed by atoms with Gasteiger partial charge in [0.2, 0.25) is 0 Å². The van der Waals surface area contributed by atoms with Crippen LogP contribution in [0.1, 0.15) is 48.3 Å². The molecular weight excluding hydrogens is 292 g/mol. The number of nitriles is 1. The maximum atomic E-state index is 11.2. The van der Waals surface area contributed by atoms with Crippen molar-refractivity contribution in [3.63, 3.8) is 0 Å². The fourth-order valence-corrected chi connectivity index (χ4v) is 3.63. The number of benzene rings is 1. The summed E-state index contributed by atoms with van der Waals surface area (Å²) in [5.41, 5.74) is 4.85. The minimum Gasteiger partial charge on any atom is -0.481 e. The average molecular weight is 312 g/mol. The van der Waals surface area contributed by atoms with Crippen LogP contribution in [0.2, 0.25) is 0 Å². The third-order valence-corrected chi connectivity index (χ3v) is 4.46. The van der Waals surface area contributed by atoms with Gasteiger partial charge in [0.25, 0.3) is 0 Å². The van der Waals surface area contributed by atoms with Crippen LogP contribution in [0.5, 0.6) is 0 Å². The summed E-state index contributed by atoms with van der Waals surface area (Å²) in [6.45, 7) is 5.42. The van der Waals surface area contributed by atoms with Gasteiger partial charge in [-0.2, -0.15) is 5.26 Å². The monoisotopic (exact) mass is 312 g/mol. The Morgan fingerprint density at radius 3 is 2.96 bits per heavy atom. The molecule has 1 N–H and O–H groups in total. The number of ether oxygens (including phenoxy) is 1. The van der Waals surface area contributed by atoms with E-state index in [2.05, 4.69) is 17.6 Å². The van der Waals surface area contributed by atoms with E-state index in [1.165, 1.54) is 0 Å². The molecule has 0 amide bonds. The molecule has 2 heterocycles. The molecule has 0 saturated carbocycles. The van der Waals surface area contributed by atoms with Crippen molar-refractivity contribution in [2.75, 3.05) is 6.61 Å². The summed E-state index contributed by atoms with van der Waals surface area (Å²) in [7, 11) is 0. The number of rotatable bonds is 4. The first-order chi connectivity index (χ1) is 11.1. The van der Waals surface area contributed by atoms with E-state index in [-0.39, 0.29) is 6.42 Å². The number of nitrogens with zero attached hydrogens (tertiary/aromatic N) is 2. The van der Waals surface area contributed by atoms with Crippen LogP contribution in [0.4, 0.5) is 0 Å². The van der Waals surface area contributed by atoms with Crippen LogP contribution < -0.4 is 0 Å². The Balaban J connectivity index is 2.35. The van der Waals surface area contributed by atoms with Crippen molar-refractivity contribution in [3.8, 4) is 6.07 Å². The molecule has 0 radical (unpaired) electrons. The number of hydrogen-bond acceptors (Lipinski definition) is 3. The quantitative estimate of drug-likeness (QED) is 0.939. The molecule has 1 aliphatic heterocycles. The third-order valence-electron chi connectivity index (χ3n) is 4.46. The Labute approximate surface area is 135 Å². The fourth-order valence-electron chi connectivity index (χ4n) is 3.63. The van der Waals surface area contributed by atoms with Crippen molar-refractivity contribution in [3.05, 3.63) is 34.5 Å². The molecule has 0 spiro atoms. The van der Waals surface area contributed by atoms with Crippen molar-refractivity contribution in [1.82, 2.24) is 4.57 Å². The molecule has 120 valence electrons. The average Bonchev–Trinajstić information content (AvgIpc) is 2.85. The number of carbonyl (C=O) groups is 1. The predicted molar refractivity (Wildman–Crippen MR) is 86.3 cm³/mol. The van der Waals surface area contributed by atoms with Crippen LogP contribution in [0.15, 0.2) is 12.1 Å². The Kier molecular flexibility index (Phi) is 4.10. The zero-order chi connectivity index (χ0) is 16.6. The second-order valence-corrected chi connectivity index (χ2v) is 5.99. The maximum Gasteiger partial charge on any atom is 0.306 e. The molecule has 0 fully saturated rings. The van der Waals surface area contributed by atoms with E-state index >= 15 is 0 Å². The first-order valence-corrected chi connectivity index (χ1v) is 7.96. The second kappa shape index (κ2) is 6.05. The van der Waals surface area contributed by atoms with Crippen LogP contribution in [0.25, 0.3) is 10.9 Å². The van der Waals surface area contributed by atoms with Crippen LogP contribution >= 0.6 is 0 Å². The summed E-state index contributed by atoms with van der Waals surface area (Å²) >= 11 is 0. The van der Waals surface area contributed by atoms with Crippen LogP contribution in [0.3, 0.4) is 0 Å². The van der Waals surface area contributed by atoms with Gasteiger partial charge in [0.1, 0.15) is 6.10 Å². The van der Waals surface area contributed by atoms with Gasteiger partial charge in [0.15, 0.2) is 0 Å². The molecule has 0 saturated heterocycles. The van der Waals surface area contributed by atoms with Crippen LogP contribution in [0, 0.1) is 18.3 Å². The van der Waals surface area contributed by atoms with Crippen LogP contribution in [-0.2, 0) is 22.5 Å². The number of carboxylic acid groups (broad SMARTS) is 1. The molecule has 0 unspecified atom stereocenters. The lowest BCUT2D eigenvalue weighted by molar-refractivity contribution is -0.140. The normalized spacial score (nSPS) is 17.0. The van der Waals surface area contributed by atoms with Gasteiger partial charge in [0.05, 0.1) is 35.9 Å². The van der Waals surface area contributed by atoms with E-state index in [0.717, 1.165) is 47.1 Å². The Bertz CT molecular complexity index is 814. The summed E-state index contributed by atoms with van der Waals surface area (Å²) in [4.78, 5) is 11.2. The maximum absolute atomic E-state index is 11.2. The van der Waals surface area contributed by atoms with Crippen molar-refractivity contribution in [2.45, 2.75) is 45.8 Å². The lowest BCUT2D eigenvalue weighted by Crippen LogP contribution is -2.21. The standard InChI is InChI=1S/C18H20N2O3/c1-3-7-20-17-11(2)4-5-12(10-19)16(17)13-6-8-23-14(18(13)20)9-15(21)22/h4-5,14H,3,6-9H2,1-2H3,(H,21,22)/t14-/m1/s1. The zero-order valence-electron chi connectivity index (χ0n) is 13.4. The van der Waals surface area contributed by atoms with E-state index in [4.69, 9.17) is 4.74 Å². The summed E-state index contributed by atoms with van der Waals surface area (Å²) in [5, 5.41) is 19.7. The number of carboxylic acids is 1. The van der Waals surface area contributed by atoms with E-state index in [0.29, 0.717) is 12.2 Å². The van der Waals surface area contributed by atoms with Crippen molar-refractivity contribution in [1.29, 1.82) is 5.26 Å². The molecule has 0 aliphatic carbocycles. The SMILES string of the molecule is CCCn1c2c(c3c(C#N)ccc(C)c31)CCO[C@@H]2CC(=O)O. The smallest absolute Gasteiger partial charge is 0.306 e. The van der Waals surface area contributed by atoms with E-state index in [9.17, 15) is 15.2 Å². The van der Waals surface area contributed by atoms with Gasteiger partial charge < -0.3 is 14.4 Å². The fraction of sp³-hybridized carbons (Fsp3) is 0.444. The number of fused-ring (bicyclic) bond motifs is 3. The highest BCUT2D eigenvalue weighted by atomic mass is 16.5. The first kappa shape index (κ1) is 15.6. The van der Waals surface area contributed by atoms with Gasteiger partial charge in [-0.15, -0.1) is 0 Å². The van der Waals surface area contributed by atoms with Gasteiger partial charge in [-0.3, -0.25) is 4.79 Å². The molecule has 1 aliphatic rings. The first-order valence-electron chi connectivity index (χ1n) is 7.96. The summed E-state index contributed by atoms with van der Waals surface area (Å²) in [5.74, 6) is -0.867. The lowest BCUT2D eigenvalue weighted by Gasteiger charge is -2.25. The van der Waals surface area contributed by atoms with E-state index in [1.807, 2.05) is 19.1 Å². The van der Waals surface area contributed by atoms with Gasteiger partial charge >= 0.3 is 5.97 Å². The Morgan fingerprint density at radius 1 is 1.52 bits per heavy atom. The molecule has 2 aromatic rings. The summed E-state index contributed by atoms with van der Waals surface area (Å²) < 4.78 is 7.93. The lowest BCUT2D eigenvalue weighted by atomic mass is 9.97. The Morgan fingerprint density at radius 2 is 2.30 bits per heavy atom. The minimum atomic E-state index is -0.867. The highest BCUT2D eigenvalue weighted by Gasteiger charge is 2.31. The minimum absolute atomic E-state index is 0.0476. The van der Waals surface area contributed by atoms with Crippen molar-refractivity contribution < 1.29 is 14.6 Å². The van der Waals surface area contributed by atoms with Gasteiger partial charge in [-0.25, -0.2) is 0 Å². The van der Waals surface area contributed by atoms with Gasteiger partial charge in [-0.1, -0.05) is 13.0 Å². The summed E-state index contributed by atoms with van der Waals surface area (Å²) in [6, 6.07) is 6.11. The predicted octanol–water partition coefficient (Wildman–Crippen LogP) is 3.32. The molecule has 1 aromatic carbocycles. The molecule has 5 heteroatoms. The Hall–Kier alpha value is -2.32. The van der Waals surface area contributed by atoms with E-state index < -0.39 is 12.1 Å². The number of aliphatic carboxylic acids is 1.